The van der Waals surface area contributed by atoms with E-state index < -0.39 is 0 Å². The first-order valence-electron chi connectivity index (χ1n) is 8.69. The summed E-state index contributed by atoms with van der Waals surface area (Å²) in [5.41, 5.74) is 4.83. The van der Waals surface area contributed by atoms with Crippen LogP contribution >= 0.6 is 11.8 Å². The lowest BCUT2D eigenvalue weighted by molar-refractivity contribution is 0.796. The number of hydrogen-bond donors (Lipinski definition) is 2. The molecule has 0 aliphatic heterocycles. The van der Waals surface area contributed by atoms with E-state index in [-0.39, 0.29) is 0 Å². The largest absolute Gasteiger partial charge is 0.357 e. The summed E-state index contributed by atoms with van der Waals surface area (Å²) in [4.78, 5) is 10.4. The van der Waals surface area contributed by atoms with Gasteiger partial charge in [0.15, 0.2) is 5.96 Å². The Morgan fingerprint density at radius 2 is 2.00 bits per heavy atom. The second kappa shape index (κ2) is 10.1. The highest BCUT2D eigenvalue weighted by Crippen LogP contribution is 2.22. The summed E-state index contributed by atoms with van der Waals surface area (Å²) < 4.78 is 0. The number of aryl methyl sites for hydroxylation is 2. The van der Waals surface area contributed by atoms with Crippen molar-refractivity contribution < 1.29 is 0 Å². The molecule has 1 aromatic carbocycles. The molecule has 134 valence electrons. The van der Waals surface area contributed by atoms with E-state index in [1.54, 1.807) is 11.8 Å². The van der Waals surface area contributed by atoms with Gasteiger partial charge in [-0.2, -0.15) is 0 Å². The van der Waals surface area contributed by atoms with Crippen LogP contribution in [0.1, 0.15) is 29.3 Å². The fourth-order valence-corrected chi connectivity index (χ4v) is 3.16. The zero-order valence-corrected chi connectivity index (χ0v) is 16.4. The molecule has 2 N–H and O–H groups in total. The topological polar surface area (TPSA) is 49.3 Å². The van der Waals surface area contributed by atoms with Gasteiger partial charge in [-0.05, 0) is 62.3 Å². The first kappa shape index (κ1) is 19.3. The third-order valence-electron chi connectivity index (χ3n) is 3.87. The molecule has 1 heterocycles. The van der Waals surface area contributed by atoms with Crippen molar-refractivity contribution in [3.8, 4) is 0 Å². The maximum Gasteiger partial charge on any atom is 0.191 e. The summed E-state index contributed by atoms with van der Waals surface area (Å²) in [7, 11) is 0. The lowest BCUT2D eigenvalue weighted by Gasteiger charge is -2.12. The smallest absolute Gasteiger partial charge is 0.191 e. The number of nitrogens with zero attached hydrogens (tertiary/aromatic N) is 2. The average Bonchev–Trinajstić information content (AvgIpc) is 2.62. The van der Waals surface area contributed by atoms with Gasteiger partial charge < -0.3 is 10.6 Å². The molecule has 0 fully saturated rings. The van der Waals surface area contributed by atoms with Gasteiger partial charge in [0.05, 0.1) is 6.54 Å². The van der Waals surface area contributed by atoms with Gasteiger partial charge in [0.2, 0.25) is 0 Å². The normalized spacial score (nSPS) is 11.4. The molecule has 0 radical (unpaired) electrons. The Balaban J connectivity index is 1.94. The Hall–Kier alpha value is -2.01. The zero-order chi connectivity index (χ0) is 18.1. The molecule has 0 bridgehead atoms. The maximum absolute atomic E-state index is 4.73. The minimum Gasteiger partial charge on any atom is -0.357 e. The van der Waals surface area contributed by atoms with Gasteiger partial charge in [0.1, 0.15) is 0 Å². The second-order valence-electron chi connectivity index (χ2n) is 6.00. The lowest BCUT2D eigenvalue weighted by Crippen LogP contribution is -2.38. The highest BCUT2D eigenvalue weighted by Gasteiger charge is 2.03. The number of aromatic nitrogens is 1. The molecule has 1 aromatic heterocycles. The Bertz CT molecular complexity index is 695. The third kappa shape index (κ3) is 6.42. The van der Waals surface area contributed by atoms with Gasteiger partial charge in [0.25, 0.3) is 0 Å². The van der Waals surface area contributed by atoms with Crippen LogP contribution in [0.4, 0.5) is 0 Å². The summed E-state index contributed by atoms with van der Waals surface area (Å²) in [5.74, 6) is 0.857. The van der Waals surface area contributed by atoms with Gasteiger partial charge >= 0.3 is 0 Å². The molecule has 4 nitrogen and oxygen atoms in total. The van der Waals surface area contributed by atoms with Crippen LogP contribution in [0.3, 0.4) is 0 Å². The van der Waals surface area contributed by atoms with Crippen molar-refractivity contribution in [2.24, 2.45) is 4.99 Å². The fraction of sp³-hybridized carbons (Fsp3) is 0.400. The van der Waals surface area contributed by atoms with Crippen molar-refractivity contribution in [1.29, 1.82) is 0 Å². The van der Waals surface area contributed by atoms with Gasteiger partial charge in [-0.25, -0.2) is 4.99 Å². The number of nitrogens with one attached hydrogen (secondary N) is 2. The van der Waals surface area contributed by atoms with E-state index in [1.165, 1.54) is 21.6 Å². The number of rotatable bonds is 7. The number of benzene rings is 1. The number of hydrogen-bond acceptors (Lipinski definition) is 3. The van der Waals surface area contributed by atoms with Crippen LogP contribution in [0.5, 0.6) is 0 Å². The quantitative estimate of drug-likeness (QED) is 0.451. The molecule has 0 saturated carbocycles. The summed E-state index contributed by atoms with van der Waals surface area (Å²) in [6.45, 7) is 8.57. The van der Waals surface area contributed by atoms with Crippen LogP contribution < -0.4 is 10.6 Å². The molecule has 0 atom stereocenters. The second-order valence-corrected chi connectivity index (χ2v) is 6.84. The number of guanidine groups is 1. The van der Waals surface area contributed by atoms with E-state index in [4.69, 9.17) is 4.99 Å². The van der Waals surface area contributed by atoms with Gasteiger partial charge in [-0.3, -0.25) is 4.98 Å². The standard InChI is InChI=1S/C20H28N4S/c1-5-21-20(22-11-10-17-8-7-16(3)23-13-17)24-14-18-9-6-15(2)12-19(18)25-4/h6-9,12-13H,5,10-11,14H2,1-4H3,(H2,21,22,24). The van der Waals surface area contributed by atoms with Crippen LogP contribution in [0, 0.1) is 13.8 Å². The zero-order valence-electron chi connectivity index (χ0n) is 15.6. The van der Waals surface area contributed by atoms with Crippen molar-refractivity contribution in [2.75, 3.05) is 19.3 Å². The summed E-state index contributed by atoms with van der Waals surface area (Å²) in [5, 5.41) is 6.72. The summed E-state index contributed by atoms with van der Waals surface area (Å²) in [6.07, 6.45) is 4.98. The molecule has 0 aliphatic rings. The van der Waals surface area contributed by atoms with Crippen LogP contribution in [0.2, 0.25) is 0 Å². The minimum absolute atomic E-state index is 0.678. The number of thioether (sulfide) groups is 1. The van der Waals surface area contributed by atoms with Crippen LogP contribution in [0.15, 0.2) is 46.4 Å². The molecule has 0 amide bonds. The summed E-state index contributed by atoms with van der Waals surface area (Å²) in [6, 6.07) is 10.7. The Kier molecular flexibility index (Phi) is 7.79. The predicted octanol–water partition coefficient (Wildman–Crippen LogP) is 3.72. The Morgan fingerprint density at radius 1 is 1.16 bits per heavy atom. The minimum atomic E-state index is 0.678. The Morgan fingerprint density at radius 3 is 2.68 bits per heavy atom. The molecule has 0 aliphatic carbocycles. The van der Waals surface area contributed by atoms with E-state index in [0.717, 1.165) is 31.2 Å². The summed E-state index contributed by atoms with van der Waals surface area (Å²) >= 11 is 1.77. The highest BCUT2D eigenvalue weighted by molar-refractivity contribution is 7.98. The monoisotopic (exact) mass is 356 g/mol. The molecular weight excluding hydrogens is 328 g/mol. The average molecular weight is 357 g/mol. The lowest BCUT2D eigenvalue weighted by atomic mass is 10.1. The number of pyridine rings is 1. The van der Waals surface area contributed by atoms with Crippen molar-refractivity contribution in [1.82, 2.24) is 15.6 Å². The van der Waals surface area contributed by atoms with Crippen LogP contribution in [-0.2, 0) is 13.0 Å². The van der Waals surface area contributed by atoms with Crippen LogP contribution in [-0.4, -0.2) is 30.3 Å². The molecular formula is C20H28N4S. The van der Waals surface area contributed by atoms with Crippen LogP contribution in [0.25, 0.3) is 0 Å². The van der Waals surface area contributed by atoms with Gasteiger partial charge in [-0.15, -0.1) is 11.8 Å². The predicted molar refractivity (Wildman–Crippen MR) is 108 cm³/mol. The van der Waals surface area contributed by atoms with Crippen molar-refractivity contribution >= 4 is 17.7 Å². The molecule has 2 rings (SSSR count). The molecule has 0 spiro atoms. The van der Waals surface area contributed by atoms with Crippen molar-refractivity contribution in [3.05, 3.63) is 58.9 Å². The SMILES string of the molecule is CCNC(=NCc1ccc(C)cc1SC)NCCc1ccc(C)nc1. The highest BCUT2D eigenvalue weighted by atomic mass is 32.2. The third-order valence-corrected chi connectivity index (χ3v) is 4.69. The van der Waals surface area contributed by atoms with Crippen molar-refractivity contribution in [2.45, 2.75) is 38.6 Å². The molecule has 0 unspecified atom stereocenters. The first-order chi connectivity index (χ1) is 12.1. The van der Waals surface area contributed by atoms with Crippen molar-refractivity contribution in [3.63, 3.8) is 0 Å². The molecule has 0 saturated heterocycles. The molecule has 25 heavy (non-hydrogen) atoms. The number of aliphatic imine (C=N–C) groups is 1. The maximum atomic E-state index is 4.73. The Labute approximate surface area is 155 Å². The van der Waals surface area contributed by atoms with Gasteiger partial charge in [0, 0.05) is 29.9 Å². The van der Waals surface area contributed by atoms with E-state index >= 15 is 0 Å². The molecule has 2 aromatic rings. The van der Waals surface area contributed by atoms with E-state index in [1.807, 2.05) is 13.1 Å². The molecule has 5 heteroatoms. The first-order valence-corrected chi connectivity index (χ1v) is 9.92. The van der Waals surface area contributed by atoms with E-state index in [2.05, 4.69) is 66.1 Å². The van der Waals surface area contributed by atoms with Gasteiger partial charge in [-0.1, -0.05) is 18.2 Å². The van der Waals surface area contributed by atoms with E-state index in [9.17, 15) is 0 Å². The van der Waals surface area contributed by atoms with E-state index in [0.29, 0.717) is 6.54 Å². The fourth-order valence-electron chi connectivity index (χ4n) is 2.46.